The maximum atomic E-state index is 12.7. The van der Waals surface area contributed by atoms with Crippen LogP contribution in [0.4, 0.5) is 5.13 Å². The third-order valence-corrected chi connectivity index (χ3v) is 7.14. The van der Waals surface area contributed by atoms with Crippen LogP contribution in [0.15, 0.2) is 33.8 Å². The number of sulfonamides is 1. The monoisotopic (exact) mass is 429 g/mol. The van der Waals surface area contributed by atoms with Crippen molar-refractivity contribution in [1.82, 2.24) is 9.29 Å². The molecule has 2 aromatic rings. The number of aryl methyl sites for hydroxylation is 1. The standard InChI is InChI=1S/C15H16BrN3O3S2/c1-10-9-17-15(23-10)18-14(20)12-8-11(4-5-13(12)16)24(21,22)19-6-2-3-7-19/h4-5,8-9H,2-3,6-7H2,1H3,(H,17,18,20). The second-order valence-corrected chi connectivity index (χ2v) is 9.51. The van der Waals surface area contributed by atoms with E-state index in [2.05, 4.69) is 26.2 Å². The predicted molar refractivity (Wildman–Crippen MR) is 96.9 cm³/mol. The Labute approximate surface area is 153 Å². The number of hydrogen-bond donors (Lipinski definition) is 1. The molecule has 9 heteroatoms. The second kappa shape index (κ2) is 6.91. The number of nitrogens with one attached hydrogen (secondary N) is 1. The molecule has 0 bridgehead atoms. The predicted octanol–water partition coefficient (Wildman–Crippen LogP) is 3.25. The molecule has 1 aliphatic heterocycles. The molecule has 1 aromatic heterocycles. The molecule has 3 rings (SSSR count). The third kappa shape index (κ3) is 3.53. The summed E-state index contributed by atoms with van der Waals surface area (Å²) in [7, 11) is -3.56. The summed E-state index contributed by atoms with van der Waals surface area (Å²) in [6.45, 7) is 2.95. The Kier molecular flexibility index (Phi) is 5.05. The summed E-state index contributed by atoms with van der Waals surface area (Å²) in [5.41, 5.74) is 0.267. The highest BCUT2D eigenvalue weighted by Crippen LogP contribution is 2.26. The molecule has 1 fully saturated rings. The molecule has 0 radical (unpaired) electrons. The van der Waals surface area contributed by atoms with Gasteiger partial charge in [0, 0.05) is 28.6 Å². The zero-order valence-corrected chi connectivity index (χ0v) is 16.2. The topological polar surface area (TPSA) is 79.4 Å². The maximum Gasteiger partial charge on any atom is 0.258 e. The molecule has 0 unspecified atom stereocenters. The van der Waals surface area contributed by atoms with Gasteiger partial charge in [0.1, 0.15) is 0 Å². The third-order valence-electron chi connectivity index (χ3n) is 3.73. The highest BCUT2D eigenvalue weighted by molar-refractivity contribution is 9.10. The van der Waals surface area contributed by atoms with Crippen LogP contribution in [-0.4, -0.2) is 36.7 Å². The summed E-state index contributed by atoms with van der Waals surface area (Å²) in [6.07, 6.45) is 3.41. The molecule has 0 aliphatic carbocycles. The number of amides is 1. The van der Waals surface area contributed by atoms with Crippen molar-refractivity contribution in [3.05, 3.63) is 39.3 Å². The molecule has 1 saturated heterocycles. The lowest BCUT2D eigenvalue weighted by molar-refractivity contribution is 0.102. The molecule has 2 heterocycles. The van der Waals surface area contributed by atoms with E-state index >= 15 is 0 Å². The number of thiazole rings is 1. The van der Waals surface area contributed by atoms with Crippen molar-refractivity contribution in [2.75, 3.05) is 18.4 Å². The number of nitrogens with zero attached hydrogens (tertiary/aromatic N) is 2. The van der Waals surface area contributed by atoms with Gasteiger partial charge in [0.05, 0.1) is 10.5 Å². The number of carbonyl (C=O) groups excluding carboxylic acids is 1. The van der Waals surface area contributed by atoms with Crippen LogP contribution in [0.1, 0.15) is 28.1 Å². The molecule has 1 amide bonds. The average molecular weight is 430 g/mol. The minimum Gasteiger partial charge on any atom is -0.298 e. The van der Waals surface area contributed by atoms with Gasteiger partial charge in [0.15, 0.2) is 5.13 Å². The van der Waals surface area contributed by atoms with Crippen LogP contribution >= 0.6 is 27.3 Å². The largest absolute Gasteiger partial charge is 0.298 e. The van der Waals surface area contributed by atoms with Crippen molar-refractivity contribution in [2.24, 2.45) is 0 Å². The molecule has 0 atom stereocenters. The SMILES string of the molecule is Cc1cnc(NC(=O)c2cc(S(=O)(=O)N3CCCC3)ccc2Br)s1. The van der Waals surface area contributed by atoms with E-state index in [1.807, 2.05) is 6.92 Å². The smallest absolute Gasteiger partial charge is 0.258 e. The van der Waals surface area contributed by atoms with E-state index < -0.39 is 15.9 Å². The summed E-state index contributed by atoms with van der Waals surface area (Å²) >= 11 is 4.68. The fourth-order valence-electron chi connectivity index (χ4n) is 2.49. The van der Waals surface area contributed by atoms with Gasteiger partial charge in [-0.1, -0.05) is 0 Å². The van der Waals surface area contributed by atoms with Crippen LogP contribution in [0, 0.1) is 6.92 Å². The van der Waals surface area contributed by atoms with Gasteiger partial charge in [-0.15, -0.1) is 11.3 Å². The molecule has 24 heavy (non-hydrogen) atoms. The normalized spacial score (nSPS) is 15.6. The lowest BCUT2D eigenvalue weighted by Gasteiger charge is -2.16. The molecule has 0 saturated carbocycles. The van der Waals surface area contributed by atoms with Gasteiger partial charge >= 0.3 is 0 Å². The maximum absolute atomic E-state index is 12.7. The Morgan fingerprint density at radius 1 is 1.33 bits per heavy atom. The van der Waals surface area contributed by atoms with Crippen LogP contribution in [0.2, 0.25) is 0 Å². The first-order valence-electron chi connectivity index (χ1n) is 7.41. The van der Waals surface area contributed by atoms with E-state index in [0.29, 0.717) is 22.7 Å². The van der Waals surface area contributed by atoms with Crippen molar-refractivity contribution in [1.29, 1.82) is 0 Å². The summed E-state index contributed by atoms with van der Waals surface area (Å²) < 4.78 is 27.3. The molecule has 1 N–H and O–H groups in total. The van der Waals surface area contributed by atoms with Gasteiger partial charge in [0.2, 0.25) is 10.0 Å². The minimum absolute atomic E-state index is 0.132. The Balaban J connectivity index is 1.90. The van der Waals surface area contributed by atoms with Crippen molar-refractivity contribution in [3.8, 4) is 0 Å². The summed E-state index contributed by atoms with van der Waals surface area (Å²) in [5.74, 6) is -0.394. The fraction of sp³-hybridized carbons (Fsp3) is 0.333. The van der Waals surface area contributed by atoms with Crippen molar-refractivity contribution < 1.29 is 13.2 Å². The van der Waals surface area contributed by atoms with Gasteiger partial charge in [-0.2, -0.15) is 4.31 Å². The number of hydrogen-bond acceptors (Lipinski definition) is 5. The Hall–Kier alpha value is -1.29. The highest BCUT2D eigenvalue weighted by Gasteiger charge is 2.28. The van der Waals surface area contributed by atoms with Crippen molar-refractivity contribution in [2.45, 2.75) is 24.7 Å². The second-order valence-electron chi connectivity index (χ2n) is 5.48. The van der Waals surface area contributed by atoms with E-state index in [1.165, 1.54) is 27.8 Å². The van der Waals surface area contributed by atoms with E-state index in [-0.39, 0.29) is 10.5 Å². The van der Waals surface area contributed by atoms with Gasteiger partial charge in [-0.25, -0.2) is 13.4 Å². The lowest BCUT2D eigenvalue weighted by Crippen LogP contribution is -2.28. The van der Waals surface area contributed by atoms with Gasteiger partial charge in [-0.05, 0) is 53.9 Å². The summed E-state index contributed by atoms with van der Waals surface area (Å²) in [6, 6.07) is 4.51. The van der Waals surface area contributed by atoms with Gasteiger partial charge in [0.25, 0.3) is 5.91 Å². The first-order valence-corrected chi connectivity index (χ1v) is 10.5. The number of carbonyl (C=O) groups is 1. The lowest BCUT2D eigenvalue weighted by atomic mass is 10.2. The molecule has 6 nitrogen and oxygen atoms in total. The quantitative estimate of drug-likeness (QED) is 0.808. The fourth-order valence-corrected chi connectivity index (χ4v) is 5.12. The summed E-state index contributed by atoms with van der Waals surface area (Å²) in [4.78, 5) is 17.7. The van der Waals surface area contributed by atoms with E-state index in [1.54, 1.807) is 12.3 Å². The Morgan fingerprint density at radius 3 is 2.67 bits per heavy atom. The average Bonchev–Trinajstić information content (AvgIpc) is 3.19. The first-order chi connectivity index (χ1) is 11.4. The highest BCUT2D eigenvalue weighted by atomic mass is 79.9. The number of benzene rings is 1. The van der Waals surface area contributed by atoms with E-state index in [4.69, 9.17) is 0 Å². The zero-order valence-electron chi connectivity index (χ0n) is 13.0. The minimum atomic E-state index is -3.56. The van der Waals surface area contributed by atoms with Gasteiger partial charge in [-0.3, -0.25) is 10.1 Å². The van der Waals surface area contributed by atoms with Crippen LogP contribution in [0.5, 0.6) is 0 Å². The molecule has 1 aliphatic rings. The van der Waals surface area contributed by atoms with Gasteiger partial charge < -0.3 is 0 Å². The Bertz CT molecular complexity index is 874. The van der Waals surface area contributed by atoms with E-state index in [9.17, 15) is 13.2 Å². The number of halogens is 1. The molecular formula is C15H16BrN3O3S2. The molecule has 128 valence electrons. The van der Waals surface area contributed by atoms with Crippen LogP contribution in [-0.2, 0) is 10.0 Å². The first kappa shape index (κ1) is 17.5. The summed E-state index contributed by atoms with van der Waals surface area (Å²) in [5, 5.41) is 3.18. The number of aromatic nitrogens is 1. The number of rotatable bonds is 4. The van der Waals surface area contributed by atoms with Crippen molar-refractivity contribution in [3.63, 3.8) is 0 Å². The van der Waals surface area contributed by atoms with Crippen molar-refractivity contribution >= 4 is 48.3 Å². The molecular weight excluding hydrogens is 414 g/mol. The molecule has 1 aromatic carbocycles. The Morgan fingerprint density at radius 2 is 2.04 bits per heavy atom. The number of anilines is 1. The van der Waals surface area contributed by atoms with Crippen LogP contribution < -0.4 is 5.32 Å². The zero-order chi connectivity index (χ0) is 17.3. The van der Waals surface area contributed by atoms with Crippen LogP contribution in [0.25, 0.3) is 0 Å². The molecule has 0 spiro atoms. The van der Waals surface area contributed by atoms with Crippen LogP contribution in [0.3, 0.4) is 0 Å². The van der Waals surface area contributed by atoms with E-state index in [0.717, 1.165) is 17.7 Å².